The van der Waals surface area contributed by atoms with Gasteiger partial charge < -0.3 is 10.4 Å². The number of carboxylic acid groups (broad SMARTS) is 1. The van der Waals surface area contributed by atoms with Crippen LogP contribution in [-0.4, -0.2) is 22.0 Å². The number of nitro groups is 1. The molecule has 3 unspecified atom stereocenters. The minimum Gasteiger partial charge on any atom is -0.478 e. The fourth-order valence-corrected chi connectivity index (χ4v) is 3.24. The van der Waals surface area contributed by atoms with Crippen LogP contribution in [0.4, 0.5) is 11.4 Å². The molecule has 114 valence electrons. The van der Waals surface area contributed by atoms with Crippen LogP contribution in [0.3, 0.4) is 0 Å². The summed E-state index contributed by atoms with van der Waals surface area (Å²) in [5.41, 5.74) is -0.0954. The molecule has 6 heteroatoms. The van der Waals surface area contributed by atoms with E-state index in [-0.39, 0.29) is 23.0 Å². The van der Waals surface area contributed by atoms with Crippen LogP contribution in [0.1, 0.15) is 43.5 Å². The Balaban J connectivity index is 2.34. The van der Waals surface area contributed by atoms with Gasteiger partial charge in [0.25, 0.3) is 5.69 Å². The molecule has 3 atom stereocenters. The van der Waals surface area contributed by atoms with Crippen LogP contribution in [0.2, 0.25) is 0 Å². The Labute approximate surface area is 123 Å². The van der Waals surface area contributed by atoms with Gasteiger partial charge in [0.05, 0.1) is 10.5 Å². The van der Waals surface area contributed by atoms with E-state index in [4.69, 9.17) is 0 Å². The predicted molar refractivity (Wildman–Crippen MR) is 79.6 cm³/mol. The number of anilines is 1. The van der Waals surface area contributed by atoms with Crippen LogP contribution in [0, 0.1) is 22.0 Å². The third-order valence-electron chi connectivity index (χ3n) is 4.55. The van der Waals surface area contributed by atoms with Crippen molar-refractivity contribution in [2.45, 2.75) is 39.2 Å². The van der Waals surface area contributed by atoms with Crippen molar-refractivity contribution < 1.29 is 14.8 Å². The molecule has 6 nitrogen and oxygen atoms in total. The summed E-state index contributed by atoms with van der Waals surface area (Å²) in [6.07, 6.45) is 3.05. The number of para-hydroxylation sites is 1. The zero-order valence-corrected chi connectivity index (χ0v) is 12.2. The first-order valence-electron chi connectivity index (χ1n) is 7.23. The highest BCUT2D eigenvalue weighted by molar-refractivity contribution is 5.96. The molecule has 21 heavy (non-hydrogen) atoms. The van der Waals surface area contributed by atoms with Gasteiger partial charge in [0, 0.05) is 12.1 Å². The van der Waals surface area contributed by atoms with E-state index in [1.807, 2.05) is 0 Å². The van der Waals surface area contributed by atoms with Gasteiger partial charge in [0.15, 0.2) is 0 Å². The van der Waals surface area contributed by atoms with Gasteiger partial charge >= 0.3 is 5.97 Å². The summed E-state index contributed by atoms with van der Waals surface area (Å²) in [6.45, 7) is 4.26. The van der Waals surface area contributed by atoms with E-state index in [0.717, 1.165) is 19.3 Å². The Hall–Kier alpha value is -2.11. The number of nitrogens with one attached hydrogen (secondary N) is 1. The second kappa shape index (κ2) is 6.11. The number of nitro benzene ring substituents is 1. The topological polar surface area (TPSA) is 92.5 Å². The molecule has 1 aliphatic rings. The van der Waals surface area contributed by atoms with E-state index >= 15 is 0 Å². The monoisotopic (exact) mass is 292 g/mol. The maximum Gasteiger partial charge on any atom is 0.338 e. The molecule has 2 rings (SSSR count). The largest absolute Gasteiger partial charge is 0.478 e. The highest BCUT2D eigenvalue weighted by Crippen LogP contribution is 2.38. The molecule has 1 aliphatic carbocycles. The Morgan fingerprint density at radius 1 is 1.48 bits per heavy atom. The van der Waals surface area contributed by atoms with Crippen LogP contribution in [0.5, 0.6) is 0 Å². The van der Waals surface area contributed by atoms with Gasteiger partial charge in [0.1, 0.15) is 5.69 Å². The molecule has 0 spiro atoms. The van der Waals surface area contributed by atoms with Gasteiger partial charge in [0.2, 0.25) is 0 Å². The Kier molecular flexibility index (Phi) is 4.45. The highest BCUT2D eigenvalue weighted by Gasteiger charge is 2.33. The summed E-state index contributed by atoms with van der Waals surface area (Å²) in [4.78, 5) is 21.9. The van der Waals surface area contributed by atoms with Crippen LogP contribution in [0.15, 0.2) is 18.2 Å². The van der Waals surface area contributed by atoms with Crippen molar-refractivity contribution in [2.24, 2.45) is 11.8 Å². The Morgan fingerprint density at radius 2 is 2.19 bits per heavy atom. The summed E-state index contributed by atoms with van der Waals surface area (Å²) in [7, 11) is 0. The smallest absolute Gasteiger partial charge is 0.338 e. The van der Waals surface area contributed by atoms with Gasteiger partial charge in [-0.1, -0.05) is 26.3 Å². The molecule has 1 aromatic rings. The SMILES string of the molecule is CCC1CCC(Nc2c(C(=O)O)cccc2[N+](=O)[O-])C1C. The van der Waals surface area contributed by atoms with Crippen LogP contribution >= 0.6 is 0 Å². The van der Waals surface area contributed by atoms with Crippen LogP contribution in [-0.2, 0) is 0 Å². The third-order valence-corrected chi connectivity index (χ3v) is 4.55. The highest BCUT2D eigenvalue weighted by atomic mass is 16.6. The van der Waals surface area contributed by atoms with Crippen molar-refractivity contribution in [1.29, 1.82) is 0 Å². The molecule has 1 saturated carbocycles. The van der Waals surface area contributed by atoms with E-state index in [9.17, 15) is 20.0 Å². The average molecular weight is 292 g/mol. The lowest BCUT2D eigenvalue weighted by molar-refractivity contribution is -0.384. The normalized spacial score (nSPS) is 24.8. The molecule has 0 bridgehead atoms. The molecular weight excluding hydrogens is 272 g/mol. The zero-order chi connectivity index (χ0) is 15.6. The molecule has 0 saturated heterocycles. The number of carbonyl (C=O) groups is 1. The number of hydrogen-bond acceptors (Lipinski definition) is 4. The van der Waals surface area contributed by atoms with Gasteiger partial charge in [-0.15, -0.1) is 0 Å². The fourth-order valence-electron chi connectivity index (χ4n) is 3.24. The molecule has 0 aliphatic heterocycles. The van der Waals surface area contributed by atoms with Gasteiger partial charge in [-0.2, -0.15) is 0 Å². The second-order valence-electron chi connectivity index (χ2n) is 5.62. The molecule has 0 amide bonds. The minimum atomic E-state index is -1.15. The number of rotatable bonds is 5. The summed E-state index contributed by atoms with van der Waals surface area (Å²) >= 11 is 0. The summed E-state index contributed by atoms with van der Waals surface area (Å²) < 4.78 is 0. The summed E-state index contributed by atoms with van der Waals surface area (Å²) in [6, 6.07) is 4.22. The third kappa shape index (κ3) is 2.99. The average Bonchev–Trinajstić information content (AvgIpc) is 2.79. The van der Waals surface area contributed by atoms with Crippen molar-refractivity contribution in [3.05, 3.63) is 33.9 Å². The van der Waals surface area contributed by atoms with Crippen molar-refractivity contribution in [1.82, 2.24) is 0 Å². The lowest BCUT2D eigenvalue weighted by Crippen LogP contribution is -2.26. The lowest BCUT2D eigenvalue weighted by Gasteiger charge is -2.22. The maximum absolute atomic E-state index is 11.3. The number of hydrogen-bond donors (Lipinski definition) is 2. The van der Waals surface area contributed by atoms with E-state index in [2.05, 4.69) is 19.2 Å². The molecule has 1 fully saturated rings. The summed E-state index contributed by atoms with van der Waals surface area (Å²) in [5, 5.41) is 23.5. The predicted octanol–water partition coefficient (Wildman–Crippen LogP) is 3.53. The summed E-state index contributed by atoms with van der Waals surface area (Å²) in [5.74, 6) is -0.200. The number of aromatic carboxylic acids is 1. The van der Waals surface area contributed by atoms with Gasteiger partial charge in [-0.3, -0.25) is 10.1 Å². The Morgan fingerprint density at radius 3 is 2.71 bits per heavy atom. The van der Waals surface area contributed by atoms with E-state index < -0.39 is 10.9 Å². The second-order valence-corrected chi connectivity index (χ2v) is 5.62. The van der Waals surface area contributed by atoms with Crippen molar-refractivity contribution >= 4 is 17.3 Å². The molecule has 0 heterocycles. The molecule has 0 radical (unpaired) electrons. The quantitative estimate of drug-likeness (QED) is 0.639. The maximum atomic E-state index is 11.3. The first kappa shape index (κ1) is 15.3. The van der Waals surface area contributed by atoms with Crippen molar-refractivity contribution in [3.63, 3.8) is 0 Å². The molecular formula is C15H20N2O4. The first-order chi connectivity index (χ1) is 9.95. The van der Waals surface area contributed by atoms with Crippen molar-refractivity contribution in [2.75, 3.05) is 5.32 Å². The lowest BCUT2D eigenvalue weighted by atomic mass is 9.93. The Bertz CT molecular complexity index is 526. The van der Waals surface area contributed by atoms with Crippen molar-refractivity contribution in [3.8, 4) is 0 Å². The fraction of sp³-hybridized carbons (Fsp3) is 0.533. The van der Waals surface area contributed by atoms with Gasteiger partial charge in [-0.05, 0) is 30.7 Å². The molecule has 1 aromatic carbocycles. The van der Waals surface area contributed by atoms with E-state index in [1.165, 1.54) is 18.2 Å². The zero-order valence-electron chi connectivity index (χ0n) is 12.2. The van der Waals surface area contributed by atoms with Gasteiger partial charge in [-0.25, -0.2) is 4.79 Å². The van der Waals surface area contributed by atoms with Crippen LogP contribution < -0.4 is 5.32 Å². The standard InChI is InChI=1S/C15H20N2O4/c1-3-10-7-8-12(9(10)2)16-14-11(15(18)19)5-4-6-13(14)17(20)21/h4-6,9-10,12,16H,3,7-8H2,1-2H3,(H,18,19). The number of carboxylic acids is 1. The van der Waals surface area contributed by atoms with Crippen LogP contribution in [0.25, 0.3) is 0 Å². The number of benzene rings is 1. The molecule has 2 N–H and O–H groups in total. The van der Waals surface area contributed by atoms with E-state index in [0.29, 0.717) is 11.8 Å². The molecule has 0 aromatic heterocycles. The van der Waals surface area contributed by atoms with E-state index in [1.54, 1.807) is 0 Å². The minimum absolute atomic E-state index is 0.0450. The first-order valence-corrected chi connectivity index (χ1v) is 7.23. The number of nitrogens with zero attached hydrogens (tertiary/aromatic N) is 1.